The van der Waals surface area contributed by atoms with Crippen molar-refractivity contribution in [3.63, 3.8) is 0 Å². The molecule has 0 spiro atoms. The van der Waals surface area contributed by atoms with Crippen molar-refractivity contribution >= 4 is 23.6 Å². The van der Waals surface area contributed by atoms with Crippen LogP contribution in [-0.2, 0) is 14.3 Å². The third-order valence-electron chi connectivity index (χ3n) is 4.64. The highest BCUT2D eigenvalue weighted by Gasteiger charge is 2.32. The van der Waals surface area contributed by atoms with E-state index in [0.717, 1.165) is 16.0 Å². The molecule has 33 heavy (non-hydrogen) atoms. The van der Waals surface area contributed by atoms with Crippen LogP contribution in [0.25, 0.3) is 0 Å². The topological polar surface area (TPSA) is 108 Å². The molecule has 0 saturated heterocycles. The lowest BCUT2D eigenvalue weighted by atomic mass is 10.0. The molecule has 0 aliphatic rings. The smallest absolute Gasteiger partial charge is 0.408 e. The molecule has 2 aromatic rings. The van der Waals surface area contributed by atoms with Crippen molar-refractivity contribution in [2.45, 2.75) is 46.3 Å². The number of ether oxygens (including phenoxy) is 1. The molecule has 1 atom stereocenters. The fourth-order valence-electron chi connectivity index (χ4n) is 3.12. The number of para-hydroxylation sites is 1. The standard InChI is InChI=1S/C25H29N3O5/c1-7-28(20(30)15-26-24(32)33-25(4,5)6)22(18-11-13-19(29)14-12-18)23(31)27-21-16(2)9-8-10-17(21)3/h1,8-14,22,29H,15H2,2-6H3,(H,26,32)(H,27,31). The molecule has 0 heterocycles. The average molecular weight is 452 g/mol. The first-order valence-corrected chi connectivity index (χ1v) is 10.3. The fourth-order valence-corrected chi connectivity index (χ4v) is 3.12. The zero-order valence-corrected chi connectivity index (χ0v) is 19.4. The average Bonchev–Trinajstić information content (AvgIpc) is 2.72. The SMILES string of the molecule is C#CN(C(=O)CNC(=O)OC(C)(C)C)C(C(=O)Nc1c(C)cccc1C)c1ccc(O)cc1. The summed E-state index contributed by atoms with van der Waals surface area (Å²) in [6, 6.07) is 12.4. The molecule has 8 heteroatoms. The zero-order valence-electron chi connectivity index (χ0n) is 19.4. The number of aryl methyl sites for hydroxylation is 2. The van der Waals surface area contributed by atoms with Gasteiger partial charge in [-0.1, -0.05) is 36.8 Å². The van der Waals surface area contributed by atoms with E-state index in [1.165, 1.54) is 24.3 Å². The van der Waals surface area contributed by atoms with Gasteiger partial charge in [0, 0.05) is 11.7 Å². The molecule has 0 saturated carbocycles. The Kier molecular flexibility index (Phi) is 8.08. The number of phenols is 1. The number of aromatic hydroxyl groups is 1. The zero-order chi connectivity index (χ0) is 24.8. The van der Waals surface area contributed by atoms with E-state index < -0.39 is 36.1 Å². The molecule has 0 fully saturated rings. The van der Waals surface area contributed by atoms with Crippen molar-refractivity contribution < 1.29 is 24.2 Å². The number of anilines is 1. The number of phenolic OH excluding ortho intramolecular Hbond substituents is 1. The van der Waals surface area contributed by atoms with Crippen LogP contribution in [0.2, 0.25) is 0 Å². The first-order chi connectivity index (χ1) is 15.4. The van der Waals surface area contributed by atoms with Gasteiger partial charge in [0.15, 0.2) is 0 Å². The molecule has 3 N–H and O–H groups in total. The summed E-state index contributed by atoms with van der Waals surface area (Å²) in [6.07, 6.45) is 4.84. The normalized spacial score (nSPS) is 11.6. The number of hydrogen-bond acceptors (Lipinski definition) is 5. The third kappa shape index (κ3) is 7.01. The molecule has 3 amide bonds. The number of carbonyl (C=O) groups excluding carboxylic acids is 3. The lowest BCUT2D eigenvalue weighted by Gasteiger charge is -2.27. The van der Waals surface area contributed by atoms with Crippen LogP contribution in [0.1, 0.15) is 43.5 Å². The number of amides is 3. The maximum atomic E-state index is 13.4. The summed E-state index contributed by atoms with van der Waals surface area (Å²) in [5.74, 6) is -1.22. The van der Waals surface area contributed by atoms with Crippen molar-refractivity contribution in [2.75, 3.05) is 11.9 Å². The maximum absolute atomic E-state index is 13.4. The highest BCUT2D eigenvalue weighted by atomic mass is 16.6. The number of nitrogens with one attached hydrogen (secondary N) is 2. The van der Waals surface area contributed by atoms with E-state index in [-0.39, 0.29) is 5.75 Å². The number of rotatable bonds is 6. The molecule has 0 aliphatic carbocycles. The van der Waals surface area contributed by atoms with E-state index >= 15 is 0 Å². The van der Waals surface area contributed by atoms with E-state index in [9.17, 15) is 19.5 Å². The van der Waals surface area contributed by atoms with Crippen LogP contribution in [0.5, 0.6) is 5.75 Å². The molecule has 0 aromatic heterocycles. The number of alkyl carbamates (subject to hydrolysis) is 1. The lowest BCUT2D eigenvalue weighted by molar-refractivity contribution is -0.134. The van der Waals surface area contributed by atoms with Crippen molar-refractivity contribution in [2.24, 2.45) is 0 Å². The van der Waals surface area contributed by atoms with Gasteiger partial charge >= 0.3 is 6.09 Å². The number of carbonyl (C=O) groups is 3. The van der Waals surface area contributed by atoms with Gasteiger partial charge in [0.25, 0.3) is 11.8 Å². The van der Waals surface area contributed by atoms with Gasteiger partial charge in [-0.2, -0.15) is 0 Å². The molecule has 0 bridgehead atoms. The highest BCUT2D eigenvalue weighted by molar-refractivity contribution is 5.99. The Morgan fingerprint density at radius 3 is 2.18 bits per heavy atom. The van der Waals surface area contributed by atoms with Crippen molar-refractivity contribution in [1.82, 2.24) is 10.2 Å². The van der Waals surface area contributed by atoms with Crippen LogP contribution < -0.4 is 10.6 Å². The minimum absolute atomic E-state index is 0.00201. The second kappa shape index (κ2) is 10.6. The van der Waals surface area contributed by atoms with E-state index in [1.54, 1.807) is 20.8 Å². The summed E-state index contributed by atoms with van der Waals surface area (Å²) in [7, 11) is 0. The largest absolute Gasteiger partial charge is 0.508 e. The summed E-state index contributed by atoms with van der Waals surface area (Å²) in [5.41, 5.74) is 1.96. The number of terminal acetylenes is 1. The molecule has 0 aliphatic heterocycles. The Morgan fingerprint density at radius 2 is 1.67 bits per heavy atom. The number of hydrogen-bond donors (Lipinski definition) is 3. The first-order valence-electron chi connectivity index (χ1n) is 10.3. The first kappa shape index (κ1) is 25.3. The van der Waals surface area contributed by atoms with Crippen LogP contribution in [0.4, 0.5) is 10.5 Å². The summed E-state index contributed by atoms with van der Waals surface area (Å²) < 4.78 is 5.13. The van der Waals surface area contributed by atoms with Gasteiger partial charge in [-0.15, -0.1) is 0 Å². The Morgan fingerprint density at radius 1 is 1.09 bits per heavy atom. The minimum atomic E-state index is -1.21. The molecule has 2 aromatic carbocycles. The summed E-state index contributed by atoms with van der Waals surface area (Å²) in [6.45, 7) is 8.33. The Balaban J connectivity index is 2.32. The van der Waals surface area contributed by atoms with Gasteiger partial charge in [-0.25, -0.2) is 4.79 Å². The summed E-state index contributed by atoms with van der Waals surface area (Å²) >= 11 is 0. The van der Waals surface area contributed by atoms with E-state index in [4.69, 9.17) is 11.2 Å². The van der Waals surface area contributed by atoms with Crippen LogP contribution in [0.3, 0.4) is 0 Å². The van der Waals surface area contributed by atoms with Gasteiger partial charge in [0.1, 0.15) is 23.9 Å². The maximum Gasteiger partial charge on any atom is 0.408 e. The minimum Gasteiger partial charge on any atom is -0.508 e. The highest BCUT2D eigenvalue weighted by Crippen LogP contribution is 2.27. The van der Waals surface area contributed by atoms with Crippen LogP contribution in [-0.4, -0.2) is 40.1 Å². The monoisotopic (exact) mass is 451 g/mol. The molecular weight excluding hydrogens is 422 g/mol. The van der Waals surface area contributed by atoms with Gasteiger partial charge in [0.05, 0.1) is 0 Å². The lowest BCUT2D eigenvalue weighted by Crippen LogP contribution is -2.44. The van der Waals surface area contributed by atoms with Crippen molar-refractivity contribution in [3.05, 3.63) is 59.2 Å². The molecule has 0 radical (unpaired) electrons. The predicted molar refractivity (Wildman–Crippen MR) is 125 cm³/mol. The van der Waals surface area contributed by atoms with Crippen molar-refractivity contribution in [1.29, 1.82) is 0 Å². The van der Waals surface area contributed by atoms with Crippen LogP contribution >= 0.6 is 0 Å². The molecule has 1 unspecified atom stereocenters. The van der Waals surface area contributed by atoms with E-state index in [0.29, 0.717) is 11.3 Å². The Hall–Kier alpha value is -3.99. The molecule has 8 nitrogen and oxygen atoms in total. The summed E-state index contributed by atoms with van der Waals surface area (Å²) in [5, 5.41) is 14.9. The second-order valence-electron chi connectivity index (χ2n) is 8.50. The molecule has 2 rings (SSSR count). The number of nitrogens with zero attached hydrogens (tertiary/aromatic N) is 1. The molecule has 174 valence electrons. The Bertz CT molecular complexity index is 1040. The van der Waals surface area contributed by atoms with Crippen molar-refractivity contribution in [3.8, 4) is 18.2 Å². The third-order valence-corrected chi connectivity index (χ3v) is 4.64. The second-order valence-corrected chi connectivity index (χ2v) is 8.50. The van der Waals surface area contributed by atoms with Gasteiger partial charge in [0.2, 0.25) is 0 Å². The Labute approximate surface area is 193 Å². The van der Waals surface area contributed by atoms with Gasteiger partial charge < -0.3 is 20.5 Å². The van der Waals surface area contributed by atoms with Gasteiger partial charge in [-0.05, 0) is 63.4 Å². The predicted octanol–water partition coefficient (Wildman–Crippen LogP) is 3.63. The quantitative estimate of drug-likeness (QED) is 0.459. The van der Waals surface area contributed by atoms with Gasteiger partial charge in [-0.3, -0.25) is 14.5 Å². The van der Waals surface area contributed by atoms with E-state index in [2.05, 4.69) is 16.7 Å². The van der Waals surface area contributed by atoms with E-state index in [1.807, 2.05) is 32.0 Å². The summed E-state index contributed by atoms with van der Waals surface area (Å²) in [4.78, 5) is 39.1. The molecular formula is C25H29N3O5. The number of benzene rings is 2. The van der Waals surface area contributed by atoms with Crippen LogP contribution in [0.15, 0.2) is 42.5 Å². The fraction of sp³-hybridized carbons (Fsp3) is 0.320. The van der Waals surface area contributed by atoms with Crippen LogP contribution in [0, 0.1) is 26.3 Å².